The highest BCUT2D eigenvalue weighted by Gasteiger charge is 2.55. The number of esters is 4. The van der Waals surface area contributed by atoms with E-state index in [1.54, 1.807) is 24.3 Å². The predicted octanol–water partition coefficient (Wildman–Crippen LogP) is 3.95. The fourth-order valence-electron chi connectivity index (χ4n) is 6.75. The molecule has 282 valence electrons. The Kier molecular flexibility index (Phi) is 12.8. The Balaban J connectivity index is 1.49. The fourth-order valence-corrected chi connectivity index (χ4v) is 6.75. The van der Waals surface area contributed by atoms with Crippen LogP contribution in [0.15, 0.2) is 78.9 Å². The Bertz CT molecular complexity index is 1740. The molecule has 3 aromatic rings. The Morgan fingerprint density at radius 2 is 1.40 bits per heavy atom. The zero-order valence-corrected chi connectivity index (χ0v) is 29.9. The van der Waals surface area contributed by atoms with Crippen LogP contribution in [0, 0.1) is 0 Å². The van der Waals surface area contributed by atoms with Crippen molar-refractivity contribution in [3.63, 3.8) is 0 Å². The number of aliphatic hydroxyl groups excluding tert-OH is 1. The zero-order chi connectivity index (χ0) is 38.1. The number of hydrogen-bond donors (Lipinski definition) is 2. The molecule has 1 aliphatic heterocycles. The van der Waals surface area contributed by atoms with Gasteiger partial charge in [-0.15, -0.1) is 0 Å². The Morgan fingerprint density at radius 1 is 0.792 bits per heavy atom. The van der Waals surface area contributed by atoms with Crippen LogP contribution in [0.25, 0.3) is 11.1 Å². The van der Waals surface area contributed by atoms with Crippen LogP contribution in [0.5, 0.6) is 0 Å². The summed E-state index contributed by atoms with van der Waals surface area (Å²) in [6, 6.07) is 23.2. The molecule has 1 amide bonds. The summed E-state index contributed by atoms with van der Waals surface area (Å²) >= 11 is 0. The first-order valence-electron chi connectivity index (χ1n) is 17.1. The molecule has 3 aromatic carbocycles. The summed E-state index contributed by atoms with van der Waals surface area (Å²) in [6.45, 7) is 3.00. The van der Waals surface area contributed by atoms with Gasteiger partial charge in [-0.3, -0.25) is 19.2 Å². The number of ether oxygens (including phenoxy) is 7. The normalized spacial score (nSPS) is 21.6. The van der Waals surface area contributed by atoms with Gasteiger partial charge in [-0.05, 0) is 27.8 Å². The van der Waals surface area contributed by atoms with E-state index < -0.39 is 79.4 Å². The minimum absolute atomic E-state index is 0.0625. The largest absolute Gasteiger partial charge is 0.462 e. The van der Waals surface area contributed by atoms with Gasteiger partial charge in [0.1, 0.15) is 25.4 Å². The van der Waals surface area contributed by atoms with Crippen LogP contribution in [0.3, 0.4) is 0 Å². The van der Waals surface area contributed by atoms with Gasteiger partial charge < -0.3 is 43.6 Å². The molecule has 1 heterocycles. The van der Waals surface area contributed by atoms with E-state index in [0.717, 1.165) is 49.9 Å². The summed E-state index contributed by atoms with van der Waals surface area (Å²) in [7, 11) is 0. The van der Waals surface area contributed by atoms with E-state index in [4.69, 9.17) is 33.2 Å². The molecule has 0 bridgehead atoms. The van der Waals surface area contributed by atoms with Crippen LogP contribution in [0.2, 0.25) is 0 Å². The Labute approximate surface area is 306 Å². The van der Waals surface area contributed by atoms with Gasteiger partial charge in [0, 0.05) is 40.0 Å². The van der Waals surface area contributed by atoms with Crippen LogP contribution in [0.4, 0.5) is 4.79 Å². The molecule has 2 N–H and O–H groups in total. The number of aliphatic hydroxyl groups is 1. The van der Waals surface area contributed by atoms with Gasteiger partial charge in [-0.2, -0.15) is 0 Å². The smallest absolute Gasteiger partial charge is 0.407 e. The molecule has 0 radical (unpaired) electrons. The van der Waals surface area contributed by atoms with Gasteiger partial charge in [0.2, 0.25) is 0 Å². The van der Waals surface area contributed by atoms with Crippen LogP contribution in [-0.2, 0) is 58.9 Å². The predicted molar refractivity (Wildman–Crippen MR) is 186 cm³/mol. The van der Waals surface area contributed by atoms with Crippen LogP contribution in [0.1, 0.15) is 56.7 Å². The maximum Gasteiger partial charge on any atom is 0.407 e. The molecule has 1 aliphatic carbocycles. The molecule has 1 fully saturated rings. The number of hydrogen-bond acceptors (Lipinski definition) is 13. The molecule has 0 aromatic heterocycles. The summed E-state index contributed by atoms with van der Waals surface area (Å²) in [5.74, 6) is -5.33. The van der Waals surface area contributed by atoms with Gasteiger partial charge in [0.25, 0.3) is 0 Å². The summed E-state index contributed by atoms with van der Waals surface area (Å²) in [6.07, 6.45) is -7.16. The molecular formula is C39H43NO13. The van der Waals surface area contributed by atoms with E-state index in [1.165, 1.54) is 0 Å². The number of fused-ring (bicyclic) bond motifs is 3. The molecule has 14 heteroatoms. The number of carbonyl (C=O) groups is 5. The molecule has 53 heavy (non-hydrogen) atoms. The van der Waals surface area contributed by atoms with Gasteiger partial charge >= 0.3 is 30.0 Å². The van der Waals surface area contributed by atoms with E-state index in [0.29, 0.717) is 5.56 Å². The maximum absolute atomic E-state index is 13.7. The topological polar surface area (TPSA) is 182 Å². The minimum atomic E-state index is -1.90. The van der Waals surface area contributed by atoms with E-state index in [1.807, 2.05) is 54.6 Å². The van der Waals surface area contributed by atoms with Crippen molar-refractivity contribution in [2.45, 2.75) is 82.9 Å². The van der Waals surface area contributed by atoms with Crippen LogP contribution >= 0.6 is 0 Å². The van der Waals surface area contributed by atoms with Crippen molar-refractivity contribution in [2.24, 2.45) is 0 Å². The van der Waals surface area contributed by atoms with E-state index >= 15 is 0 Å². The second-order valence-electron chi connectivity index (χ2n) is 12.8. The first-order chi connectivity index (χ1) is 25.4. The number of benzene rings is 3. The number of alkyl carbamates (subject to hydrolysis) is 1. The number of amides is 1. The monoisotopic (exact) mass is 733 g/mol. The molecule has 6 atom stereocenters. The number of nitrogens with one attached hydrogen (secondary N) is 1. The number of rotatable bonds is 14. The highest BCUT2D eigenvalue weighted by molar-refractivity contribution is 5.79. The average Bonchev–Trinajstić information content (AvgIpc) is 3.45. The third-order valence-corrected chi connectivity index (χ3v) is 8.91. The minimum Gasteiger partial charge on any atom is -0.462 e. The summed E-state index contributed by atoms with van der Waals surface area (Å²) in [5.41, 5.74) is 4.72. The van der Waals surface area contributed by atoms with Crippen molar-refractivity contribution in [2.75, 3.05) is 19.8 Å². The molecule has 0 unspecified atom stereocenters. The maximum atomic E-state index is 13.7. The SMILES string of the molecule is CC(=O)OC[C@@H](OC(C)=O)[C@@H](OC(C)=O)[C@@H]1O[C@@](CO)(OCc2ccccc2)C[C@H](OC(C)=O)[C@H]1NC(=O)OCC1c2ccccc2-c2ccccc21. The average molecular weight is 734 g/mol. The van der Waals surface area contributed by atoms with E-state index in [-0.39, 0.29) is 25.6 Å². The third kappa shape index (κ3) is 9.77. The fraction of sp³-hybridized carbons (Fsp3) is 0.410. The van der Waals surface area contributed by atoms with Crippen molar-refractivity contribution in [3.05, 3.63) is 95.6 Å². The van der Waals surface area contributed by atoms with Gasteiger partial charge in [0.15, 0.2) is 18.0 Å². The van der Waals surface area contributed by atoms with Crippen molar-refractivity contribution in [1.29, 1.82) is 0 Å². The standard InChI is InChI=1S/C39H43NO13/c1-23(42)47-21-34(51-25(3)44)36(52-26(4)45)37-35(33(50-24(2)43)18-39(22-41,53-37)49-19-27-12-6-5-7-13-27)40-38(46)48-20-32-30-16-10-8-14-28(30)29-15-9-11-17-31(29)32/h5-17,32-37,41H,18-22H2,1-4H3,(H,40,46)/t33-,34+,35+,36+,37+,39-/m0/s1. The summed E-state index contributed by atoms with van der Waals surface area (Å²) in [5, 5.41) is 13.5. The molecule has 14 nitrogen and oxygen atoms in total. The van der Waals surface area contributed by atoms with Gasteiger partial charge in [-0.25, -0.2) is 4.79 Å². The molecule has 2 aliphatic rings. The second-order valence-corrected chi connectivity index (χ2v) is 12.8. The van der Waals surface area contributed by atoms with E-state index in [2.05, 4.69) is 5.32 Å². The van der Waals surface area contributed by atoms with Crippen molar-refractivity contribution < 1.29 is 62.2 Å². The molecule has 5 rings (SSSR count). The van der Waals surface area contributed by atoms with Gasteiger partial charge in [0.05, 0.1) is 19.3 Å². The van der Waals surface area contributed by atoms with Crippen LogP contribution < -0.4 is 5.32 Å². The lowest BCUT2D eigenvalue weighted by Crippen LogP contribution is -2.68. The van der Waals surface area contributed by atoms with Crippen LogP contribution in [-0.4, -0.2) is 91.1 Å². The summed E-state index contributed by atoms with van der Waals surface area (Å²) < 4.78 is 40.4. The first kappa shape index (κ1) is 38.9. The lowest BCUT2D eigenvalue weighted by Gasteiger charge is -2.49. The highest BCUT2D eigenvalue weighted by atomic mass is 16.7. The zero-order valence-electron chi connectivity index (χ0n) is 29.9. The lowest BCUT2D eigenvalue weighted by atomic mass is 9.88. The van der Waals surface area contributed by atoms with Gasteiger partial charge in [-0.1, -0.05) is 78.9 Å². The van der Waals surface area contributed by atoms with Crippen molar-refractivity contribution in [3.8, 4) is 11.1 Å². The van der Waals surface area contributed by atoms with E-state index in [9.17, 15) is 29.1 Å². The highest BCUT2D eigenvalue weighted by Crippen LogP contribution is 2.44. The second kappa shape index (κ2) is 17.5. The third-order valence-electron chi connectivity index (χ3n) is 8.91. The number of carbonyl (C=O) groups excluding carboxylic acids is 5. The van der Waals surface area contributed by atoms with Crippen molar-refractivity contribution >= 4 is 30.0 Å². The molecule has 1 saturated heterocycles. The molecular weight excluding hydrogens is 690 g/mol. The quantitative estimate of drug-likeness (QED) is 0.180. The van der Waals surface area contributed by atoms with Crippen molar-refractivity contribution in [1.82, 2.24) is 5.32 Å². The Morgan fingerprint density at radius 3 is 1.96 bits per heavy atom. The molecule has 0 spiro atoms. The molecule has 0 saturated carbocycles. The lowest BCUT2D eigenvalue weighted by molar-refractivity contribution is -0.335. The summed E-state index contributed by atoms with van der Waals surface area (Å²) in [4.78, 5) is 63.1. The first-order valence-corrected chi connectivity index (χ1v) is 17.1. The Hall–Kier alpha value is -5.31.